The van der Waals surface area contributed by atoms with Crippen molar-refractivity contribution in [1.82, 2.24) is 15.0 Å². The summed E-state index contributed by atoms with van der Waals surface area (Å²) in [7, 11) is 1.59. The SMILES string of the molecule is Cn1nncc1-c1cc(F)c(N)cc1F. The Labute approximate surface area is 84.3 Å². The van der Waals surface area contributed by atoms with Gasteiger partial charge in [0.2, 0.25) is 0 Å². The van der Waals surface area contributed by atoms with E-state index in [-0.39, 0.29) is 11.3 Å². The number of aromatic nitrogens is 3. The normalized spacial score (nSPS) is 10.6. The smallest absolute Gasteiger partial charge is 0.146 e. The lowest BCUT2D eigenvalue weighted by atomic mass is 10.1. The van der Waals surface area contributed by atoms with E-state index in [1.165, 1.54) is 10.9 Å². The van der Waals surface area contributed by atoms with Crippen molar-refractivity contribution in [2.45, 2.75) is 0 Å². The lowest BCUT2D eigenvalue weighted by Crippen LogP contribution is -1.99. The summed E-state index contributed by atoms with van der Waals surface area (Å²) in [5.41, 5.74) is 5.50. The lowest BCUT2D eigenvalue weighted by Gasteiger charge is -2.04. The maximum Gasteiger partial charge on any atom is 0.146 e. The summed E-state index contributed by atoms with van der Waals surface area (Å²) in [6.07, 6.45) is 1.36. The van der Waals surface area contributed by atoms with Crippen molar-refractivity contribution in [1.29, 1.82) is 0 Å². The van der Waals surface area contributed by atoms with Crippen LogP contribution >= 0.6 is 0 Å². The number of anilines is 1. The van der Waals surface area contributed by atoms with Crippen LogP contribution in [0.2, 0.25) is 0 Å². The monoisotopic (exact) mass is 210 g/mol. The molecule has 2 aromatic rings. The number of benzene rings is 1. The van der Waals surface area contributed by atoms with Crippen molar-refractivity contribution in [2.75, 3.05) is 5.73 Å². The van der Waals surface area contributed by atoms with Crippen LogP contribution in [0.25, 0.3) is 11.3 Å². The summed E-state index contributed by atoms with van der Waals surface area (Å²) >= 11 is 0. The zero-order valence-corrected chi connectivity index (χ0v) is 7.91. The van der Waals surface area contributed by atoms with Gasteiger partial charge < -0.3 is 5.73 Å². The number of rotatable bonds is 1. The molecule has 0 unspecified atom stereocenters. The van der Waals surface area contributed by atoms with Crippen LogP contribution in [0.4, 0.5) is 14.5 Å². The summed E-state index contributed by atoms with van der Waals surface area (Å²) < 4.78 is 28.0. The number of hydrogen-bond donors (Lipinski definition) is 1. The molecule has 15 heavy (non-hydrogen) atoms. The van der Waals surface area contributed by atoms with E-state index in [1.54, 1.807) is 7.05 Å². The highest BCUT2D eigenvalue weighted by atomic mass is 19.1. The number of nitrogen functional groups attached to an aromatic ring is 1. The van der Waals surface area contributed by atoms with Crippen molar-refractivity contribution in [3.8, 4) is 11.3 Å². The first-order chi connectivity index (χ1) is 7.09. The molecule has 2 N–H and O–H groups in total. The van der Waals surface area contributed by atoms with Gasteiger partial charge in [-0.15, -0.1) is 5.10 Å². The molecular formula is C9H8F2N4. The number of aryl methyl sites for hydroxylation is 1. The van der Waals surface area contributed by atoms with E-state index in [0.717, 1.165) is 12.1 Å². The Morgan fingerprint density at radius 1 is 1.27 bits per heavy atom. The van der Waals surface area contributed by atoms with E-state index in [2.05, 4.69) is 10.3 Å². The van der Waals surface area contributed by atoms with Crippen molar-refractivity contribution in [2.24, 2.45) is 7.05 Å². The Balaban J connectivity index is 2.64. The Hall–Kier alpha value is -1.98. The van der Waals surface area contributed by atoms with Gasteiger partial charge in [-0.1, -0.05) is 5.21 Å². The molecule has 0 aliphatic rings. The molecule has 0 aliphatic carbocycles. The fourth-order valence-electron chi connectivity index (χ4n) is 1.29. The van der Waals surface area contributed by atoms with Crippen molar-refractivity contribution in [3.05, 3.63) is 30.0 Å². The van der Waals surface area contributed by atoms with Crippen LogP contribution in [0.5, 0.6) is 0 Å². The van der Waals surface area contributed by atoms with Gasteiger partial charge in [0.1, 0.15) is 11.6 Å². The average Bonchev–Trinajstić information content (AvgIpc) is 2.58. The molecule has 1 aromatic carbocycles. The molecule has 4 nitrogen and oxygen atoms in total. The predicted molar refractivity (Wildman–Crippen MR) is 50.8 cm³/mol. The van der Waals surface area contributed by atoms with Crippen LogP contribution in [0.3, 0.4) is 0 Å². The van der Waals surface area contributed by atoms with Crippen molar-refractivity contribution >= 4 is 5.69 Å². The summed E-state index contributed by atoms with van der Waals surface area (Å²) in [6, 6.07) is 1.97. The molecule has 6 heteroatoms. The Kier molecular flexibility index (Phi) is 2.11. The van der Waals surface area contributed by atoms with Crippen molar-refractivity contribution < 1.29 is 8.78 Å². The van der Waals surface area contributed by atoms with Gasteiger partial charge >= 0.3 is 0 Å². The maximum atomic E-state index is 13.5. The fourth-order valence-corrected chi connectivity index (χ4v) is 1.29. The molecule has 0 saturated carbocycles. The molecule has 0 aliphatic heterocycles. The highest BCUT2D eigenvalue weighted by Gasteiger charge is 2.12. The van der Waals surface area contributed by atoms with E-state index in [0.29, 0.717) is 5.69 Å². The van der Waals surface area contributed by atoms with E-state index in [9.17, 15) is 8.78 Å². The molecule has 2 rings (SSSR count). The highest BCUT2D eigenvalue weighted by Crippen LogP contribution is 2.25. The summed E-state index contributed by atoms with van der Waals surface area (Å²) in [5.74, 6) is -1.26. The quantitative estimate of drug-likeness (QED) is 0.722. The minimum absolute atomic E-state index is 0.0919. The minimum Gasteiger partial charge on any atom is -0.396 e. The zero-order valence-electron chi connectivity index (χ0n) is 7.91. The molecule has 0 fully saturated rings. The van der Waals surface area contributed by atoms with Gasteiger partial charge in [-0.3, -0.25) is 0 Å². The molecule has 0 bridgehead atoms. The lowest BCUT2D eigenvalue weighted by molar-refractivity contribution is 0.604. The third-order valence-electron chi connectivity index (χ3n) is 2.08. The van der Waals surface area contributed by atoms with Crippen LogP contribution in [0.1, 0.15) is 0 Å². The topological polar surface area (TPSA) is 56.7 Å². The second-order valence-corrected chi connectivity index (χ2v) is 3.10. The Bertz CT molecular complexity index is 507. The highest BCUT2D eigenvalue weighted by molar-refractivity contribution is 5.62. The molecule has 0 amide bonds. The van der Waals surface area contributed by atoms with Crippen LogP contribution in [-0.4, -0.2) is 15.0 Å². The predicted octanol–water partition coefficient (Wildman–Crippen LogP) is 1.34. The van der Waals surface area contributed by atoms with Crippen molar-refractivity contribution in [3.63, 3.8) is 0 Å². The van der Waals surface area contributed by atoms with Gasteiger partial charge in [0, 0.05) is 18.7 Å². The van der Waals surface area contributed by atoms with Crippen LogP contribution in [0, 0.1) is 11.6 Å². The van der Waals surface area contributed by atoms with Gasteiger partial charge in [0.05, 0.1) is 17.6 Å². The van der Waals surface area contributed by atoms with Gasteiger partial charge in [0.15, 0.2) is 0 Å². The maximum absolute atomic E-state index is 13.5. The summed E-state index contributed by atoms with van der Waals surface area (Å²) in [5, 5.41) is 7.22. The van der Waals surface area contributed by atoms with Gasteiger partial charge in [-0.25, -0.2) is 13.5 Å². The van der Waals surface area contributed by atoms with Gasteiger partial charge in [-0.05, 0) is 6.07 Å². The number of nitrogens with zero attached hydrogens (tertiary/aromatic N) is 3. The Morgan fingerprint density at radius 2 is 2.00 bits per heavy atom. The first-order valence-corrected chi connectivity index (χ1v) is 4.19. The first-order valence-electron chi connectivity index (χ1n) is 4.19. The molecule has 0 atom stereocenters. The molecule has 1 aromatic heterocycles. The molecular weight excluding hydrogens is 202 g/mol. The van der Waals surface area contributed by atoms with Crippen LogP contribution in [-0.2, 0) is 7.05 Å². The molecule has 0 radical (unpaired) electrons. The van der Waals surface area contributed by atoms with E-state index < -0.39 is 11.6 Å². The molecule has 78 valence electrons. The van der Waals surface area contributed by atoms with E-state index in [1.807, 2.05) is 0 Å². The second kappa shape index (κ2) is 3.30. The number of halogens is 2. The fraction of sp³-hybridized carbons (Fsp3) is 0.111. The third kappa shape index (κ3) is 1.54. The standard InChI is InChI=1S/C9H8F2N4/c1-15-9(4-13-14-15)5-2-7(11)8(12)3-6(5)10/h2-4H,12H2,1H3. The molecule has 1 heterocycles. The summed E-state index contributed by atoms with van der Waals surface area (Å²) in [4.78, 5) is 0. The Morgan fingerprint density at radius 3 is 2.60 bits per heavy atom. The van der Waals surface area contributed by atoms with E-state index >= 15 is 0 Å². The van der Waals surface area contributed by atoms with E-state index in [4.69, 9.17) is 5.73 Å². The third-order valence-corrected chi connectivity index (χ3v) is 2.08. The molecule has 0 spiro atoms. The summed E-state index contributed by atoms with van der Waals surface area (Å²) in [6.45, 7) is 0. The number of nitrogens with two attached hydrogens (primary N) is 1. The van der Waals surface area contributed by atoms with Gasteiger partial charge in [0.25, 0.3) is 0 Å². The zero-order chi connectivity index (χ0) is 11.0. The molecule has 0 saturated heterocycles. The largest absolute Gasteiger partial charge is 0.396 e. The number of hydrogen-bond acceptors (Lipinski definition) is 3. The average molecular weight is 210 g/mol. The van der Waals surface area contributed by atoms with Crippen LogP contribution in [0.15, 0.2) is 18.3 Å². The second-order valence-electron chi connectivity index (χ2n) is 3.10. The first kappa shape index (κ1) is 9.57. The van der Waals surface area contributed by atoms with Crippen LogP contribution < -0.4 is 5.73 Å². The minimum atomic E-state index is -0.660. The van der Waals surface area contributed by atoms with Gasteiger partial charge in [-0.2, -0.15) is 0 Å².